The normalized spacial score (nSPS) is 30.3. The first-order valence-electron chi connectivity index (χ1n) is 3.84. The summed E-state index contributed by atoms with van der Waals surface area (Å²) in [5.74, 6) is 0.168. The molecule has 4 nitrogen and oxygen atoms in total. The van der Waals surface area contributed by atoms with Crippen molar-refractivity contribution in [2.75, 3.05) is 20.1 Å². The van der Waals surface area contributed by atoms with E-state index in [-0.39, 0.29) is 11.8 Å². The third kappa shape index (κ3) is 0.939. The summed E-state index contributed by atoms with van der Waals surface area (Å²) in [4.78, 5) is 11.3. The number of hydrogen-bond acceptors (Lipinski definition) is 3. The number of piperidine rings is 1. The average molecular weight is 153 g/mol. The fourth-order valence-corrected chi connectivity index (χ4v) is 1.57. The number of nitrogens with one attached hydrogen (secondary N) is 1. The molecule has 2 aliphatic rings. The molecular weight excluding hydrogens is 142 g/mol. The van der Waals surface area contributed by atoms with Crippen molar-refractivity contribution in [3.63, 3.8) is 0 Å². The van der Waals surface area contributed by atoms with Gasteiger partial charge in [0, 0.05) is 26.6 Å². The van der Waals surface area contributed by atoms with Crippen molar-refractivity contribution in [1.82, 2.24) is 10.3 Å². The van der Waals surface area contributed by atoms with Crippen molar-refractivity contribution in [2.24, 2.45) is 11.0 Å². The zero-order valence-electron chi connectivity index (χ0n) is 6.50. The third-order valence-corrected chi connectivity index (χ3v) is 2.20. The van der Waals surface area contributed by atoms with Gasteiger partial charge in [-0.3, -0.25) is 4.79 Å². The summed E-state index contributed by atoms with van der Waals surface area (Å²) in [6, 6.07) is 0. The molecule has 1 unspecified atom stereocenters. The number of nitrogens with zero attached hydrogens (tertiary/aromatic N) is 2. The van der Waals surface area contributed by atoms with Crippen molar-refractivity contribution in [2.45, 2.75) is 6.42 Å². The fraction of sp³-hybridized carbons (Fsp3) is 0.714. The number of hydrogen-bond donors (Lipinski definition) is 1. The van der Waals surface area contributed by atoms with Gasteiger partial charge in [-0.1, -0.05) is 0 Å². The highest BCUT2D eigenvalue weighted by Gasteiger charge is 2.34. The van der Waals surface area contributed by atoms with E-state index in [4.69, 9.17) is 0 Å². The number of carbonyl (C=O) groups is 1. The number of carbonyl (C=O) groups excluding carboxylic acids is 1. The van der Waals surface area contributed by atoms with Gasteiger partial charge in [0.2, 0.25) is 0 Å². The van der Waals surface area contributed by atoms with E-state index in [1.165, 1.54) is 5.01 Å². The van der Waals surface area contributed by atoms with Crippen molar-refractivity contribution < 1.29 is 4.79 Å². The number of hydrazone groups is 1. The number of fused-ring (bicyclic) bond motifs is 1. The Kier molecular flexibility index (Phi) is 1.42. The molecule has 1 saturated heterocycles. The summed E-state index contributed by atoms with van der Waals surface area (Å²) >= 11 is 0. The van der Waals surface area contributed by atoms with Crippen molar-refractivity contribution >= 4 is 11.6 Å². The summed E-state index contributed by atoms with van der Waals surface area (Å²) in [5.41, 5.74) is 1.05. The van der Waals surface area contributed by atoms with Crippen molar-refractivity contribution in [3.05, 3.63) is 0 Å². The van der Waals surface area contributed by atoms with E-state index in [0.29, 0.717) is 0 Å². The predicted molar refractivity (Wildman–Crippen MR) is 41.2 cm³/mol. The summed E-state index contributed by atoms with van der Waals surface area (Å²) in [7, 11) is 1.72. The molecule has 0 spiro atoms. The molecule has 11 heavy (non-hydrogen) atoms. The van der Waals surface area contributed by atoms with Crippen LogP contribution >= 0.6 is 0 Å². The van der Waals surface area contributed by atoms with E-state index in [2.05, 4.69) is 10.4 Å². The van der Waals surface area contributed by atoms with Gasteiger partial charge in [0.1, 0.15) is 0 Å². The van der Waals surface area contributed by atoms with Crippen LogP contribution in [0.25, 0.3) is 0 Å². The van der Waals surface area contributed by atoms with Crippen LogP contribution in [0.5, 0.6) is 0 Å². The largest absolute Gasteiger partial charge is 0.315 e. The monoisotopic (exact) mass is 153 g/mol. The Balaban J connectivity index is 2.22. The smallest absolute Gasteiger partial charge is 0.252 e. The molecule has 0 aliphatic carbocycles. The Morgan fingerprint density at radius 2 is 2.55 bits per heavy atom. The zero-order valence-corrected chi connectivity index (χ0v) is 6.50. The lowest BCUT2D eigenvalue weighted by Gasteiger charge is -2.17. The molecule has 0 radical (unpaired) electrons. The highest BCUT2D eigenvalue weighted by molar-refractivity contribution is 6.08. The molecule has 2 aliphatic heterocycles. The molecule has 60 valence electrons. The number of rotatable bonds is 0. The van der Waals surface area contributed by atoms with E-state index in [1.807, 2.05) is 0 Å². The van der Waals surface area contributed by atoms with Gasteiger partial charge in [-0.2, -0.15) is 5.10 Å². The van der Waals surface area contributed by atoms with Gasteiger partial charge in [-0.05, 0) is 0 Å². The minimum Gasteiger partial charge on any atom is -0.315 e. The van der Waals surface area contributed by atoms with Crippen LogP contribution in [0.15, 0.2) is 5.10 Å². The highest BCUT2D eigenvalue weighted by Crippen LogP contribution is 2.17. The average Bonchev–Trinajstić information content (AvgIpc) is 2.30. The first-order valence-corrected chi connectivity index (χ1v) is 3.84. The number of amides is 1. The molecule has 0 aromatic heterocycles. The molecule has 2 heterocycles. The van der Waals surface area contributed by atoms with E-state index >= 15 is 0 Å². The molecule has 1 N–H and O–H groups in total. The molecule has 2 rings (SSSR count). The molecule has 4 heteroatoms. The molecule has 1 amide bonds. The maximum Gasteiger partial charge on any atom is 0.252 e. The Bertz CT molecular complexity index is 224. The third-order valence-electron chi connectivity index (χ3n) is 2.20. The zero-order chi connectivity index (χ0) is 7.84. The quantitative estimate of drug-likeness (QED) is 0.506. The molecule has 1 atom stereocenters. The Morgan fingerprint density at radius 3 is 3.27 bits per heavy atom. The second-order valence-corrected chi connectivity index (χ2v) is 2.96. The molecular formula is C7H11N3O. The van der Waals surface area contributed by atoms with Crippen LogP contribution in [0.2, 0.25) is 0 Å². The van der Waals surface area contributed by atoms with Crippen molar-refractivity contribution in [3.8, 4) is 0 Å². The van der Waals surface area contributed by atoms with Gasteiger partial charge in [-0.15, -0.1) is 0 Å². The van der Waals surface area contributed by atoms with E-state index in [0.717, 1.165) is 25.2 Å². The first-order chi connectivity index (χ1) is 5.29. The van der Waals surface area contributed by atoms with Crippen LogP contribution in [-0.4, -0.2) is 36.8 Å². The Hall–Kier alpha value is -0.900. The predicted octanol–water partition coefficient (Wildman–Crippen LogP) is -0.576. The lowest BCUT2D eigenvalue weighted by Crippen LogP contribution is -2.39. The summed E-state index contributed by atoms with van der Waals surface area (Å²) in [6.45, 7) is 1.72. The molecule has 0 saturated carbocycles. The topological polar surface area (TPSA) is 44.7 Å². The molecule has 0 aromatic carbocycles. The minimum atomic E-state index is 0.0359. The van der Waals surface area contributed by atoms with Gasteiger partial charge >= 0.3 is 0 Å². The lowest BCUT2D eigenvalue weighted by atomic mass is 9.98. The van der Waals surface area contributed by atoms with Crippen LogP contribution in [0, 0.1) is 5.92 Å². The van der Waals surface area contributed by atoms with Crippen molar-refractivity contribution in [1.29, 1.82) is 0 Å². The van der Waals surface area contributed by atoms with Crippen LogP contribution in [0.3, 0.4) is 0 Å². The van der Waals surface area contributed by atoms with Crippen LogP contribution < -0.4 is 5.32 Å². The highest BCUT2D eigenvalue weighted by atomic mass is 16.2. The molecule has 0 bridgehead atoms. The SMILES string of the molecule is CN1N=C2CCNCC2C1=O. The van der Waals surface area contributed by atoms with Gasteiger partial charge in [-0.25, -0.2) is 5.01 Å². The van der Waals surface area contributed by atoms with E-state index in [9.17, 15) is 4.79 Å². The fourth-order valence-electron chi connectivity index (χ4n) is 1.57. The summed E-state index contributed by atoms with van der Waals surface area (Å²) < 4.78 is 0. The van der Waals surface area contributed by atoms with Crippen LogP contribution in [0.4, 0.5) is 0 Å². The first kappa shape index (κ1) is 6.79. The van der Waals surface area contributed by atoms with Gasteiger partial charge in [0.05, 0.1) is 11.6 Å². The maximum absolute atomic E-state index is 11.3. The van der Waals surface area contributed by atoms with Crippen LogP contribution in [0.1, 0.15) is 6.42 Å². The van der Waals surface area contributed by atoms with Crippen LogP contribution in [-0.2, 0) is 4.79 Å². The van der Waals surface area contributed by atoms with E-state index < -0.39 is 0 Å². The van der Waals surface area contributed by atoms with Gasteiger partial charge in [0.15, 0.2) is 0 Å². The standard InChI is InChI=1S/C7H11N3O/c1-10-7(11)5-4-8-3-2-6(5)9-10/h5,8H,2-4H2,1H3. The maximum atomic E-state index is 11.3. The summed E-state index contributed by atoms with van der Waals surface area (Å²) in [5, 5.41) is 8.78. The molecule has 1 fully saturated rings. The Labute approximate surface area is 65.3 Å². The second kappa shape index (κ2) is 2.30. The van der Waals surface area contributed by atoms with Gasteiger partial charge < -0.3 is 5.32 Å². The summed E-state index contributed by atoms with van der Waals surface area (Å²) in [6.07, 6.45) is 0.917. The van der Waals surface area contributed by atoms with Gasteiger partial charge in [0.25, 0.3) is 5.91 Å². The second-order valence-electron chi connectivity index (χ2n) is 2.96. The minimum absolute atomic E-state index is 0.0359. The molecule has 0 aromatic rings. The van der Waals surface area contributed by atoms with E-state index in [1.54, 1.807) is 7.05 Å². The lowest BCUT2D eigenvalue weighted by molar-refractivity contribution is -0.130. The Morgan fingerprint density at radius 1 is 1.73 bits per heavy atom.